The summed E-state index contributed by atoms with van der Waals surface area (Å²) in [7, 11) is -3.65. The molecule has 0 aliphatic carbocycles. The van der Waals surface area contributed by atoms with Crippen LogP contribution in [-0.2, 0) is 20.4 Å². The third-order valence-corrected chi connectivity index (χ3v) is 3.90. The number of carbonyl (C=O) groups is 1. The minimum absolute atomic E-state index is 0.0529. The highest BCUT2D eigenvalue weighted by molar-refractivity contribution is 7.90. The van der Waals surface area contributed by atoms with Crippen LogP contribution in [0.4, 0.5) is 4.39 Å². The Morgan fingerprint density at radius 1 is 1.41 bits per heavy atom. The molecule has 0 aliphatic rings. The molecule has 1 rings (SSSR count). The number of benzene rings is 1. The normalized spacial score (nSPS) is 11.4. The van der Waals surface area contributed by atoms with Gasteiger partial charge in [0.1, 0.15) is 5.82 Å². The van der Waals surface area contributed by atoms with Crippen LogP contribution in [0.3, 0.4) is 0 Å². The molecule has 0 saturated carbocycles. The summed E-state index contributed by atoms with van der Waals surface area (Å²) in [6, 6.07) is 4.05. The Morgan fingerprint density at radius 3 is 2.65 bits per heavy atom. The molecule has 4 nitrogen and oxygen atoms in total. The minimum Gasteiger partial charge on any atom is -0.481 e. The number of halogens is 2. The summed E-state index contributed by atoms with van der Waals surface area (Å²) >= 11 is 5.51. The van der Waals surface area contributed by atoms with Crippen LogP contribution in [0.5, 0.6) is 0 Å². The molecule has 1 N–H and O–H groups in total. The number of rotatable bonds is 5. The van der Waals surface area contributed by atoms with E-state index in [1.54, 1.807) is 0 Å². The van der Waals surface area contributed by atoms with Crippen molar-refractivity contribution in [2.45, 2.75) is 12.2 Å². The number of sulfone groups is 1. The summed E-state index contributed by atoms with van der Waals surface area (Å²) in [5.74, 6) is -3.06. The van der Waals surface area contributed by atoms with Crippen molar-refractivity contribution < 1.29 is 22.7 Å². The molecule has 7 heteroatoms. The van der Waals surface area contributed by atoms with Gasteiger partial charge < -0.3 is 5.11 Å². The summed E-state index contributed by atoms with van der Waals surface area (Å²) in [5.41, 5.74) is -0.0529. The van der Waals surface area contributed by atoms with Crippen molar-refractivity contribution in [3.63, 3.8) is 0 Å². The van der Waals surface area contributed by atoms with Gasteiger partial charge in [-0.05, 0) is 6.07 Å². The van der Waals surface area contributed by atoms with Gasteiger partial charge in [-0.1, -0.05) is 23.7 Å². The van der Waals surface area contributed by atoms with Crippen molar-refractivity contribution >= 4 is 27.4 Å². The van der Waals surface area contributed by atoms with Crippen molar-refractivity contribution in [3.8, 4) is 0 Å². The highest BCUT2D eigenvalue weighted by atomic mass is 35.5. The third-order valence-electron chi connectivity index (χ3n) is 2.03. The van der Waals surface area contributed by atoms with Gasteiger partial charge in [0.05, 0.1) is 22.9 Å². The van der Waals surface area contributed by atoms with E-state index in [2.05, 4.69) is 0 Å². The first-order chi connectivity index (χ1) is 7.82. The van der Waals surface area contributed by atoms with Gasteiger partial charge in [-0.25, -0.2) is 12.8 Å². The number of hydrogen-bond acceptors (Lipinski definition) is 3. The molecule has 0 aliphatic heterocycles. The van der Waals surface area contributed by atoms with Crippen molar-refractivity contribution in [1.29, 1.82) is 0 Å². The summed E-state index contributed by atoms with van der Waals surface area (Å²) in [6.45, 7) is 0. The van der Waals surface area contributed by atoms with E-state index in [4.69, 9.17) is 16.7 Å². The van der Waals surface area contributed by atoms with Gasteiger partial charge in [-0.2, -0.15) is 0 Å². The maximum Gasteiger partial charge on any atom is 0.304 e. The van der Waals surface area contributed by atoms with Crippen molar-refractivity contribution in [2.24, 2.45) is 0 Å². The predicted molar refractivity (Wildman–Crippen MR) is 61.2 cm³/mol. The smallest absolute Gasteiger partial charge is 0.304 e. The molecule has 0 heterocycles. The van der Waals surface area contributed by atoms with Crippen LogP contribution in [0.1, 0.15) is 12.0 Å². The minimum atomic E-state index is -3.65. The Hall–Kier alpha value is -1.14. The molecule has 0 saturated heterocycles. The number of carboxylic acid groups (broad SMARTS) is 1. The highest BCUT2D eigenvalue weighted by Crippen LogP contribution is 2.20. The van der Waals surface area contributed by atoms with Crippen LogP contribution in [-0.4, -0.2) is 25.2 Å². The molecule has 94 valence electrons. The molecule has 0 fully saturated rings. The van der Waals surface area contributed by atoms with Crippen molar-refractivity contribution in [1.82, 2.24) is 0 Å². The lowest BCUT2D eigenvalue weighted by molar-refractivity contribution is -0.136. The number of aliphatic carboxylic acids is 1. The predicted octanol–water partition coefficient (Wildman–Crippen LogP) is 1.87. The molecule has 1 aromatic rings. The zero-order valence-electron chi connectivity index (χ0n) is 8.69. The second-order valence-electron chi connectivity index (χ2n) is 3.45. The molecule has 0 aromatic heterocycles. The van der Waals surface area contributed by atoms with E-state index in [1.807, 2.05) is 0 Å². The molecule has 0 amide bonds. The third kappa shape index (κ3) is 4.32. The molecule has 1 aromatic carbocycles. The zero-order valence-corrected chi connectivity index (χ0v) is 10.3. The van der Waals surface area contributed by atoms with Gasteiger partial charge in [0, 0.05) is 5.56 Å². The van der Waals surface area contributed by atoms with Crippen LogP contribution in [0.2, 0.25) is 5.02 Å². The van der Waals surface area contributed by atoms with Crippen LogP contribution in [0.25, 0.3) is 0 Å². The fourth-order valence-electron chi connectivity index (χ4n) is 1.21. The van der Waals surface area contributed by atoms with Gasteiger partial charge in [-0.15, -0.1) is 0 Å². The Balaban J connectivity index is 2.83. The summed E-state index contributed by atoms with van der Waals surface area (Å²) < 4.78 is 36.4. The van der Waals surface area contributed by atoms with E-state index in [1.165, 1.54) is 18.2 Å². The molecule has 0 spiro atoms. The van der Waals surface area contributed by atoms with Crippen molar-refractivity contribution in [3.05, 3.63) is 34.6 Å². The van der Waals surface area contributed by atoms with E-state index in [0.717, 1.165) is 0 Å². The molecule has 17 heavy (non-hydrogen) atoms. The zero-order chi connectivity index (χ0) is 13.1. The highest BCUT2D eigenvalue weighted by Gasteiger charge is 2.17. The lowest BCUT2D eigenvalue weighted by Gasteiger charge is -2.05. The van der Waals surface area contributed by atoms with E-state index >= 15 is 0 Å². The fraction of sp³-hybridized carbons (Fsp3) is 0.300. The maximum absolute atomic E-state index is 13.4. The quantitative estimate of drug-likeness (QED) is 0.894. The summed E-state index contributed by atoms with van der Waals surface area (Å²) in [4.78, 5) is 10.3. The Labute approximate surface area is 103 Å². The first-order valence-electron chi connectivity index (χ1n) is 4.67. The summed E-state index contributed by atoms with van der Waals surface area (Å²) in [5, 5.41) is 8.23. The SMILES string of the molecule is O=C(O)CCS(=O)(=O)Cc1cccc(Cl)c1F. The Morgan fingerprint density at radius 2 is 2.06 bits per heavy atom. The van der Waals surface area contributed by atoms with Crippen LogP contribution < -0.4 is 0 Å². The van der Waals surface area contributed by atoms with E-state index in [0.29, 0.717) is 0 Å². The van der Waals surface area contributed by atoms with Gasteiger partial charge in [0.15, 0.2) is 9.84 Å². The molecule has 0 radical (unpaired) electrons. The van der Waals surface area contributed by atoms with Crippen LogP contribution in [0.15, 0.2) is 18.2 Å². The van der Waals surface area contributed by atoms with E-state index in [-0.39, 0.29) is 10.6 Å². The summed E-state index contributed by atoms with van der Waals surface area (Å²) in [6.07, 6.45) is -0.496. The number of carboxylic acids is 1. The second kappa shape index (κ2) is 5.46. The van der Waals surface area contributed by atoms with Gasteiger partial charge in [0.25, 0.3) is 0 Å². The largest absolute Gasteiger partial charge is 0.481 e. The lowest BCUT2D eigenvalue weighted by atomic mass is 10.2. The Kier molecular flexibility index (Phi) is 4.47. The topological polar surface area (TPSA) is 71.4 Å². The molecule has 0 unspecified atom stereocenters. The van der Waals surface area contributed by atoms with Gasteiger partial charge in [-0.3, -0.25) is 4.79 Å². The van der Waals surface area contributed by atoms with Gasteiger partial charge in [0.2, 0.25) is 0 Å². The molecule has 0 bridgehead atoms. The second-order valence-corrected chi connectivity index (χ2v) is 6.04. The standard InChI is InChI=1S/C10H10ClFO4S/c11-8-3-1-2-7(10(8)12)6-17(15,16)5-4-9(13)14/h1-3H,4-6H2,(H,13,14). The fourth-order valence-corrected chi connectivity index (χ4v) is 2.73. The van der Waals surface area contributed by atoms with Gasteiger partial charge >= 0.3 is 5.97 Å². The average molecular weight is 281 g/mol. The first kappa shape index (κ1) is 13.9. The molecule has 0 atom stereocenters. The Bertz CT molecular complexity index is 527. The maximum atomic E-state index is 13.4. The van der Waals surface area contributed by atoms with Crippen LogP contribution >= 0.6 is 11.6 Å². The van der Waals surface area contributed by atoms with Crippen LogP contribution in [0, 0.1) is 5.82 Å². The van der Waals surface area contributed by atoms with Crippen molar-refractivity contribution in [2.75, 3.05) is 5.75 Å². The van der Waals surface area contributed by atoms with E-state index < -0.39 is 39.6 Å². The first-order valence-corrected chi connectivity index (χ1v) is 6.87. The molecular formula is C10H10ClFO4S. The molecular weight excluding hydrogens is 271 g/mol. The average Bonchev–Trinajstić information content (AvgIpc) is 2.22. The lowest BCUT2D eigenvalue weighted by Crippen LogP contribution is -2.13. The van der Waals surface area contributed by atoms with E-state index in [9.17, 15) is 17.6 Å². The number of hydrogen-bond donors (Lipinski definition) is 1. The monoisotopic (exact) mass is 280 g/mol.